The molecule has 0 aliphatic carbocycles. The van der Waals surface area contributed by atoms with Crippen molar-refractivity contribution in [2.24, 2.45) is 0 Å². The minimum atomic E-state index is 0.187. The number of fused-ring (bicyclic) bond motifs is 1. The first kappa shape index (κ1) is 8.84. The fourth-order valence-corrected chi connectivity index (χ4v) is 1.19. The SMILES string of the molecule is [c]1nc2nc(OCc3ncco3)ncc2[nH]1. The molecule has 3 rings (SSSR count). The van der Waals surface area contributed by atoms with Crippen LogP contribution in [0.5, 0.6) is 6.01 Å². The van der Waals surface area contributed by atoms with Gasteiger partial charge in [-0.3, -0.25) is 0 Å². The first-order valence-corrected chi connectivity index (χ1v) is 4.52. The normalized spacial score (nSPS) is 10.8. The molecule has 3 aromatic heterocycles. The molecule has 1 radical (unpaired) electrons. The van der Waals surface area contributed by atoms with Crippen LogP contribution >= 0.6 is 0 Å². The number of nitrogens with one attached hydrogen (secondary N) is 1. The number of aromatic amines is 1. The molecule has 0 bridgehead atoms. The number of ether oxygens (including phenoxy) is 1. The zero-order valence-electron chi connectivity index (χ0n) is 8.04. The van der Waals surface area contributed by atoms with E-state index in [-0.39, 0.29) is 12.6 Å². The van der Waals surface area contributed by atoms with Crippen molar-refractivity contribution in [1.29, 1.82) is 0 Å². The van der Waals surface area contributed by atoms with Crippen LogP contribution in [0.2, 0.25) is 0 Å². The zero-order chi connectivity index (χ0) is 10.8. The molecule has 16 heavy (non-hydrogen) atoms. The molecule has 0 saturated carbocycles. The van der Waals surface area contributed by atoms with E-state index in [0.717, 1.165) is 0 Å². The maximum absolute atomic E-state index is 5.28. The number of rotatable bonds is 3. The minimum absolute atomic E-state index is 0.187. The fourth-order valence-electron chi connectivity index (χ4n) is 1.19. The van der Waals surface area contributed by atoms with Crippen molar-refractivity contribution in [3.05, 3.63) is 30.9 Å². The second kappa shape index (κ2) is 3.61. The van der Waals surface area contributed by atoms with Gasteiger partial charge in [0.25, 0.3) is 0 Å². The molecule has 0 spiro atoms. The number of oxazole rings is 1. The predicted molar refractivity (Wildman–Crippen MR) is 51.4 cm³/mol. The first-order chi connectivity index (χ1) is 7.92. The third-order valence-corrected chi connectivity index (χ3v) is 1.91. The van der Waals surface area contributed by atoms with Gasteiger partial charge < -0.3 is 14.1 Å². The van der Waals surface area contributed by atoms with Crippen LogP contribution in [0.25, 0.3) is 11.2 Å². The summed E-state index contributed by atoms with van der Waals surface area (Å²) in [6.07, 6.45) is 7.18. The molecule has 3 heterocycles. The number of nitrogens with zero attached hydrogens (tertiary/aromatic N) is 4. The highest BCUT2D eigenvalue weighted by Gasteiger charge is 2.04. The average molecular weight is 216 g/mol. The van der Waals surface area contributed by atoms with Crippen LogP contribution in [0.1, 0.15) is 5.89 Å². The molecule has 0 atom stereocenters. The molecule has 0 amide bonds. The Labute approximate surface area is 89.5 Å². The van der Waals surface area contributed by atoms with Crippen LogP contribution in [0.15, 0.2) is 23.1 Å². The molecule has 0 unspecified atom stereocenters. The number of H-pyrrole nitrogens is 1. The van der Waals surface area contributed by atoms with Crippen molar-refractivity contribution in [2.45, 2.75) is 6.61 Å². The lowest BCUT2D eigenvalue weighted by Crippen LogP contribution is -1.99. The van der Waals surface area contributed by atoms with Crippen LogP contribution in [-0.4, -0.2) is 24.9 Å². The topological polar surface area (TPSA) is 89.7 Å². The van der Waals surface area contributed by atoms with Crippen LogP contribution in [-0.2, 0) is 6.61 Å². The molecule has 3 aromatic rings. The Kier molecular flexibility index (Phi) is 1.99. The lowest BCUT2D eigenvalue weighted by atomic mass is 10.6. The molecule has 1 N–H and O–H groups in total. The maximum atomic E-state index is 5.28. The van der Waals surface area contributed by atoms with Crippen molar-refractivity contribution >= 4 is 11.2 Å². The summed E-state index contributed by atoms with van der Waals surface area (Å²) in [4.78, 5) is 18.6. The molecule has 0 fully saturated rings. The van der Waals surface area contributed by atoms with E-state index >= 15 is 0 Å². The molecule has 0 saturated heterocycles. The van der Waals surface area contributed by atoms with Gasteiger partial charge in [-0.25, -0.2) is 15.0 Å². The molecular weight excluding hydrogens is 210 g/mol. The van der Waals surface area contributed by atoms with E-state index in [1.807, 2.05) is 0 Å². The minimum Gasteiger partial charge on any atom is -0.453 e. The summed E-state index contributed by atoms with van der Waals surface area (Å²) in [5, 5.41) is 0. The van der Waals surface area contributed by atoms with E-state index in [0.29, 0.717) is 17.1 Å². The Morgan fingerprint density at radius 3 is 3.31 bits per heavy atom. The van der Waals surface area contributed by atoms with Gasteiger partial charge in [-0.05, 0) is 0 Å². The molecule has 7 heteroatoms. The summed E-state index contributed by atoms with van der Waals surface area (Å²) >= 11 is 0. The molecule has 7 nitrogen and oxygen atoms in total. The molecule has 0 aliphatic rings. The third kappa shape index (κ3) is 1.58. The summed E-state index contributed by atoms with van der Waals surface area (Å²) in [7, 11) is 0. The molecule has 0 aliphatic heterocycles. The van der Waals surface area contributed by atoms with Gasteiger partial charge in [0.2, 0.25) is 5.89 Å². The Balaban J connectivity index is 1.78. The van der Waals surface area contributed by atoms with Crippen molar-refractivity contribution in [3.8, 4) is 6.01 Å². The number of hydrogen-bond donors (Lipinski definition) is 1. The number of aromatic nitrogens is 5. The first-order valence-electron chi connectivity index (χ1n) is 4.52. The Bertz CT molecular complexity index is 589. The van der Waals surface area contributed by atoms with E-state index in [4.69, 9.17) is 9.15 Å². The van der Waals surface area contributed by atoms with E-state index in [2.05, 4.69) is 31.2 Å². The van der Waals surface area contributed by atoms with Crippen molar-refractivity contribution in [2.75, 3.05) is 0 Å². The van der Waals surface area contributed by atoms with Crippen molar-refractivity contribution < 1.29 is 9.15 Å². The zero-order valence-corrected chi connectivity index (χ0v) is 8.04. The highest BCUT2D eigenvalue weighted by Crippen LogP contribution is 2.09. The van der Waals surface area contributed by atoms with Gasteiger partial charge in [-0.15, -0.1) is 0 Å². The van der Waals surface area contributed by atoms with Gasteiger partial charge in [-0.2, -0.15) is 4.98 Å². The average Bonchev–Trinajstić information content (AvgIpc) is 2.97. The largest absolute Gasteiger partial charge is 0.453 e. The Morgan fingerprint density at radius 1 is 1.44 bits per heavy atom. The lowest BCUT2D eigenvalue weighted by molar-refractivity contribution is 0.244. The summed E-state index contributed by atoms with van der Waals surface area (Å²) in [5.74, 6) is 0.470. The lowest BCUT2D eigenvalue weighted by Gasteiger charge is -1.99. The number of imidazole rings is 1. The van der Waals surface area contributed by atoms with Crippen LogP contribution in [0, 0.1) is 6.33 Å². The van der Waals surface area contributed by atoms with E-state index < -0.39 is 0 Å². The highest BCUT2D eigenvalue weighted by atomic mass is 16.5. The van der Waals surface area contributed by atoms with E-state index in [9.17, 15) is 0 Å². The predicted octanol–water partition coefficient (Wildman–Crippen LogP) is 0.720. The summed E-state index contributed by atoms with van der Waals surface area (Å²) in [5.41, 5.74) is 1.22. The van der Waals surface area contributed by atoms with Crippen LogP contribution in [0.4, 0.5) is 0 Å². The summed E-state index contributed by atoms with van der Waals surface area (Å²) in [6, 6.07) is 0.228. The van der Waals surface area contributed by atoms with Gasteiger partial charge in [-0.1, -0.05) is 0 Å². The smallest absolute Gasteiger partial charge is 0.319 e. The highest BCUT2D eigenvalue weighted by molar-refractivity contribution is 5.68. The van der Waals surface area contributed by atoms with E-state index in [1.54, 1.807) is 12.4 Å². The van der Waals surface area contributed by atoms with E-state index in [1.165, 1.54) is 6.26 Å². The standard InChI is InChI=1S/C9H6N5O2/c1-2-15-7(10-1)4-16-9-11-3-6-8(14-9)13-5-12-6/h1-3H,4H2,(H,11,12,13,14). The maximum Gasteiger partial charge on any atom is 0.319 e. The fraction of sp³-hybridized carbons (Fsp3) is 0.111. The summed E-state index contributed by atoms with van der Waals surface area (Å²) < 4.78 is 10.3. The Morgan fingerprint density at radius 2 is 2.44 bits per heavy atom. The van der Waals surface area contributed by atoms with Crippen LogP contribution < -0.4 is 4.74 Å². The summed E-state index contributed by atoms with van der Waals surface area (Å²) in [6.45, 7) is 0.187. The second-order valence-corrected chi connectivity index (χ2v) is 2.95. The number of hydrogen-bond acceptors (Lipinski definition) is 6. The molecular formula is C9H6N5O2. The molecule has 0 aromatic carbocycles. The monoisotopic (exact) mass is 216 g/mol. The van der Waals surface area contributed by atoms with Gasteiger partial charge in [0.15, 0.2) is 18.6 Å². The van der Waals surface area contributed by atoms with Gasteiger partial charge in [0.1, 0.15) is 11.8 Å². The van der Waals surface area contributed by atoms with Gasteiger partial charge in [0.05, 0.1) is 12.4 Å². The van der Waals surface area contributed by atoms with Gasteiger partial charge in [0, 0.05) is 0 Å². The second-order valence-electron chi connectivity index (χ2n) is 2.95. The Hall–Kier alpha value is -2.44. The van der Waals surface area contributed by atoms with Crippen molar-refractivity contribution in [3.63, 3.8) is 0 Å². The third-order valence-electron chi connectivity index (χ3n) is 1.91. The molecule has 79 valence electrons. The van der Waals surface area contributed by atoms with Gasteiger partial charge >= 0.3 is 6.01 Å². The quantitative estimate of drug-likeness (QED) is 0.693. The van der Waals surface area contributed by atoms with Crippen molar-refractivity contribution in [1.82, 2.24) is 24.9 Å². The van der Waals surface area contributed by atoms with Crippen LogP contribution in [0.3, 0.4) is 0 Å².